The van der Waals surface area contributed by atoms with Crippen LogP contribution >= 0.6 is 0 Å². The van der Waals surface area contributed by atoms with Crippen molar-refractivity contribution in [1.29, 1.82) is 0 Å². The fourth-order valence-electron chi connectivity index (χ4n) is 3.36. The predicted octanol–water partition coefficient (Wildman–Crippen LogP) is 3.08. The highest BCUT2D eigenvalue weighted by Crippen LogP contribution is 2.22. The molecule has 1 aliphatic heterocycles. The van der Waals surface area contributed by atoms with Crippen LogP contribution in [0.1, 0.15) is 22.8 Å². The molecule has 1 N–H and O–H groups in total. The van der Waals surface area contributed by atoms with Gasteiger partial charge in [0, 0.05) is 32.7 Å². The molecule has 29 heavy (non-hydrogen) atoms. The van der Waals surface area contributed by atoms with Gasteiger partial charge in [-0.1, -0.05) is 24.3 Å². The Morgan fingerprint density at radius 2 is 1.72 bits per heavy atom. The quantitative estimate of drug-likeness (QED) is 0.759. The second kappa shape index (κ2) is 9.91. The molecule has 0 saturated carbocycles. The third kappa shape index (κ3) is 5.47. The summed E-state index contributed by atoms with van der Waals surface area (Å²) >= 11 is 0. The van der Waals surface area contributed by atoms with E-state index in [0.29, 0.717) is 51.3 Å². The molecule has 0 aliphatic carbocycles. The number of nitrogens with one attached hydrogen (secondary N) is 1. The van der Waals surface area contributed by atoms with E-state index in [1.165, 1.54) is 12.1 Å². The van der Waals surface area contributed by atoms with Gasteiger partial charge in [0.25, 0.3) is 0 Å². The first-order valence-electron chi connectivity index (χ1n) is 9.87. The van der Waals surface area contributed by atoms with Gasteiger partial charge in [0.05, 0.1) is 17.9 Å². The summed E-state index contributed by atoms with van der Waals surface area (Å²) in [4.78, 5) is 28.5. The zero-order valence-corrected chi connectivity index (χ0v) is 16.6. The van der Waals surface area contributed by atoms with Crippen LogP contribution in [0.5, 0.6) is 0 Å². The van der Waals surface area contributed by atoms with E-state index < -0.39 is 0 Å². The van der Waals surface area contributed by atoms with Gasteiger partial charge in [-0.15, -0.1) is 0 Å². The normalized spacial score (nSPS) is 13.9. The molecule has 0 aromatic heterocycles. The first kappa shape index (κ1) is 20.6. The fourth-order valence-corrected chi connectivity index (χ4v) is 3.36. The number of anilines is 1. The second-order valence-corrected chi connectivity index (χ2v) is 6.82. The topological polar surface area (TPSA) is 61.9 Å². The van der Waals surface area contributed by atoms with Gasteiger partial charge >= 0.3 is 12.0 Å². The summed E-state index contributed by atoms with van der Waals surface area (Å²) in [6.07, 6.45) is 0.652. The maximum absolute atomic E-state index is 12.9. The van der Waals surface area contributed by atoms with Crippen molar-refractivity contribution in [3.63, 3.8) is 0 Å². The number of carbonyl (C=O) groups excluding carboxylic acids is 2. The molecule has 2 aromatic carbocycles. The average molecular weight is 399 g/mol. The number of hydrogen-bond acceptors (Lipinski definition) is 4. The van der Waals surface area contributed by atoms with E-state index in [1.807, 2.05) is 18.2 Å². The van der Waals surface area contributed by atoms with Crippen molar-refractivity contribution >= 4 is 17.7 Å². The molecule has 1 fully saturated rings. The molecule has 3 rings (SSSR count). The number of ether oxygens (including phenoxy) is 1. The second-order valence-electron chi connectivity index (χ2n) is 6.82. The zero-order chi connectivity index (χ0) is 20.6. The highest BCUT2D eigenvalue weighted by molar-refractivity contribution is 5.96. The van der Waals surface area contributed by atoms with E-state index in [9.17, 15) is 14.0 Å². The Hall–Kier alpha value is -3.09. The average Bonchev–Trinajstić information content (AvgIpc) is 2.75. The van der Waals surface area contributed by atoms with Gasteiger partial charge in [0.2, 0.25) is 0 Å². The van der Waals surface area contributed by atoms with Crippen molar-refractivity contribution in [2.75, 3.05) is 44.2 Å². The van der Waals surface area contributed by atoms with Gasteiger partial charge in [-0.05, 0) is 43.2 Å². The SMILES string of the molecule is CCOC(=O)c1ccccc1N1CCN(C(=O)NCCc2ccc(F)cc2)CC1. The van der Waals surface area contributed by atoms with E-state index in [2.05, 4.69) is 10.2 Å². The van der Waals surface area contributed by atoms with Crippen molar-refractivity contribution in [3.8, 4) is 0 Å². The lowest BCUT2D eigenvalue weighted by atomic mass is 10.1. The van der Waals surface area contributed by atoms with Crippen molar-refractivity contribution in [1.82, 2.24) is 10.2 Å². The molecule has 154 valence electrons. The minimum atomic E-state index is -0.330. The zero-order valence-electron chi connectivity index (χ0n) is 16.6. The van der Waals surface area contributed by atoms with Crippen molar-refractivity contribution in [3.05, 3.63) is 65.5 Å². The summed E-state index contributed by atoms with van der Waals surface area (Å²) in [5, 5.41) is 2.92. The van der Waals surface area contributed by atoms with Crippen LogP contribution in [0, 0.1) is 5.82 Å². The van der Waals surface area contributed by atoms with Crippen molar-refractivity contribution < 1.29 is 18.7 Å². The standard InChI is InChI=1S/C22H26FN3O3/c1-2-29-21(27)19-5-3-4-6-20(19)25-13-15-26(16-14-25)22(28)24-12-11-17-7-9-18(23)10-8-17/h3-10H,2,11-16H2,1H3,(H,24,28). The van der Waals surface area contributed by atoms with Gasteiger partial charge < -0.3 is 19.9 Å². The number of benzene rings is 2. The summed E-state index contributed by atoms with van der Waals surface area (Å²) in [6, 6.07) is 13.6. The number of piperazine rings is 1. The number of halogens is 1. The Morgan fingerprint density at radius 3 is 2.41 bits per heavy atom. The molecule has 2 aromatic rings. The summed E-state index contributed by atoms with van der Waals surface area (Å²) in [7, 11) is 0. The van der Waals surface area contributed by atoms with Crippen LogP contribution in [0.4, 0.5) is 14.9 Å². The summed E-state index contributed by atoms with van der Waals surface area (Å²) in [5.74, 6) is -0.593. The largest absolute Gasteiger partial charge is 0.462 e. The van der Waals surface area contributed by atoms with E-state index in [1.54, 1.807) is 30.0 Å². The predicted molar refractivity (Wildman–Crippen MR) is 110 cm³/mol. The number of carbonyl (C=O) groups is 2. The van der Waals surface area contributed by atoms with Crippen LogP contribution in [0.25, 0.3) is 0 Å². The number of amides is 2. The molecular weight excluding hydrogens is 373 g/mol. The van der Waals surface area contributed by atoms with E-state index >= 15 is 0 Å². The first-order valence-corrected chi connectivity index (χ1v) is 9.87. The summed E-state index contributed by atoms with van der Waals surface area (Å²) in [6.45, 7) is 5.03. The van der Waals surface area contributed by atoms with E-state index in [-0.39, 0.29) is 17.8 Å². The Morgan fingerprint density at radius 1 is 1.03 bits per heavy atom. The molecule has 0 radical (unpaired) electrons. The molecular formula is C22H26FN3O3. The lowest BCUT2D eigenvalue weighted by molar-refractivity contribution is 0.0527. The minimum absolute atomic E-state index is 0.106. The molecule has 1 heterocycles. The van der Waals surface area contributed by atoms with Crippen LogP contribution < -0.4 is 10.2 Å². The Kier molecular flexibility index (Phi) is 7.05. The lowest BCUT2D eigenvalue weighted by Gasteiger charge is -2.36. The number of hydrogen-bond donors (Lipinski definition) is 1. The molecule has 1 aliphatic rings. The van der Waals surface area contributed by atoms with Gasteiger partial charge in [0.1, 0.15) is 5.82 Å². The third-order valence-electron chi connectivity index (χ3n) is 4.91. The lowest BCUT2D eigenvalue weighted by Crippen LogP contribution is -2.52. The first-order chi connectivity index (χ1) is 14.1. The smallest absolute Gasteiger partial charge is 0.340 e. The fraction of sp³-hybridized carbons (Fsp3) is 0.364. The van der Waals surface area contributed by atoms with Gasteiger partial charge in [-0.3, -0.25) is 0 Å². The monoisotopic (exact) mass is 399 g/mol. The van der Waals surface area contributed by atoms with Crippen molar-refractivity contribution in [2.45, 2.75) is 13.3 Å². The van der Waals surface area contributed by atoms with Crippen LogP contribution in [-0.4, -0.2) is 56.2 Å². The van der Waals surface area contributed by atoms with Gasteiger partial charge in [-0.2, -0.15) is 0 Å². The molecule has 0 bridgehead atoms. The minimum Gasteiger partial charge on any atom is -0.462 e. The number of esters is 1. The number of nitrogens with zero attached hydrogens (tertiary/aromatic N) is 2. The van der Waals surface area contributed by atoms with E-state index in [0.717, 1.165) is 11.3 Å². The molecule has 2 amide bonds. The third-order valence-corrected chi connectivity index (χ3v) is 4.91. The summed E-state index contributed by atoms with van der Waals surface area (Å²) < 4.78 is 18.1. The number of para-hydroxylation sites is 1. The highest BCUT2D eigenvalue weighted by Gasteiger charge is 2.24. The molecule has 0 unspecified atom stereocenters. The molecule has 0 spiro atoms. The molecule has 1 saturated heterocycles. The number of rotatable bonds is 6. The van der Waals surface area contributed by atoms with Crippen molar-refractivity contribution in [2.24, 2.45) is 0 Å². The Labute approximate surface area is 170 Å². The number of urea groups is 1. The molecule has 0 atom stereocenters. The molecule has 7 heteroatoms. The van der Waals surface area contributed by atoms with Crippen LogP contribution in [0.15, 0.2) is 48.5 Å². The van der Waals surface area contributed by atoms with E-state index in [4.69, 9.17) is 4.74 Å². The Bertz CT molecular complexity index is 833. The van der Waals surface area contributed by atoms with Crippen LogP contribution in [-0.2, 0) is 11.2 Å². The molecule has 6 nitrogen and oxygen atoms in total. The van der Waals surface area contributed by atoms with Crippen LogP contribution in [0.2, 0.25) is 0 Å². The van der Waals surface area contributed by atoms with Gasteiger partial charge in [0.15, 0.2) is 0 Å². The Balaban J connectivity index is 1.49. The highest BCUT2D eigenvalue weighted by atomic mass is 19.1. The van der Waals surface area contributed by atoms with Gasteiger partial charge in [-0.25, -0.2) is 14.0 Å². The maximum Gasteiger partial charge on any atom is 0.340 e. The maximum atomic E-state index is 12.9. The summed E-state index contributed by atoms with van der Waals surface area (Å²) in [5.41, 5.74) is 2.36. The van der Waals surface area contributed by atoms with Crippen LogP contribution in [0.3, 0.4) is 0 Å².